The van der Waals surface area contributed by atoms with Crippen LogP contribution in [0.5, 0.6) is 0 Å². The summed E-state index contributed by atoms with van der Waals surface area (Å²) in [5.41, 5.74) is 5.89. The van der Waals surface area contributed by atoms with Crippen molar-refractivity contribution in [2.75, 3.05) is 13.2 Å². The highest BCUT2D eigenvalue weighted by Crippen LogP contribution is 2.22. The topological polar surface area (TPSA) is 131 Å². The number of fused-ring (bicyclic) bond motifs is 1. The summed E-state index contributed by atoms with van der Waals surface area (Å²) in [5.74, 6) is -2.13. The maximum absolute atomic E-state index is 12.2. The lowest BCUT2D eigenvalue weighted by Crippen LogP contribution is -2.31. The molecule has 2 rings (SSSR count). The van der Waals surface area contributed by atoms with Crippen molar-refractivity contribution in [3.63, 3.8) is 0 Å². The van der Waals surface area contributed by atoms with Crippen LogP contribution in [0.3, 0.4) is 0 Å². The smallest absolute Gasteiger partial charge is 0.306 e. The van der Waals surface area contributed by atoms with Crippen LogP contribution in [0.1, 0.15) is 40.5 Å². The fraction of sp³-hybridized carbons (Fsp3) is 0.278. The summed E-state index contributed by atoms with van der Waals surface area (Å²) in [6.45, 7) is 0.893. The van der Waals surface area contributed by atoms with E-state index in [0.29, 0.717) is 11.1 Å². The minimum Gasteiger partial charge on any atom is -0.457 e. The number of amides is 2. The zero-order valence-electron chi connectivity index (χ0n) is 14.2. The number of benzene rings is 1. The monoisotopic (exact) mass is 355 g/mol. The third-order valence-electron chi connectivity index (χ3n) is 3.79. The van der Waals surface area contributed by atoms with Gasteiger partial charge in [-0.1, -0.05) is 12.1 Å². The van der Waals surface area contributed by atoms with Gasteiger partial charge < -0.3 is 10.5 Å². The van der Waals surface area contributed by atoms with Gasteiger partial charge in [-0.2, -0.15) is 5.26 Å². The molecule has 0 saturated heterocycles. The minimum atomic E-state index is -0.679. The van der Waals surface area contributed by atoms with Gasteiger partial charge in [0.2, 0.25) is 5.78 Å². The quantitative estimate of drug-likeness (QED) is 0.333. The van der Waals surface area contributed by atoms with Gasteiger partial charge in [0.05, 0.1) is 11.1 Å². The fourth-order valence-corrected chi connectivity index (χ4v) is 2.48. The molecule has 0 aromatic heterocycles. The van der Waals surface area contributed by atoms with Crippen LogP contribution >= 0.6 is 0 Å². The Morgan fingerprint density at radius 1 is 1.19 bits per heavy atom. The number of nitriles is 1. The standard InChI is InChI=1S/C18H17N3O5/c1-11(20)14(9-19)15(22)10-26-16(23)7-4-8-21-17(24)12-5-2-3-6-13(12)18(21)25/h2-3,5-6H,4,7-8,10,20H2,1H3/b14-11+. The number of ether oxygens (including phenoxy) is 1. The van der Waals surface area contributed by atoms with Gasteiger partial charge in [0.15, 0.2) is 6.61 Å². The van der Waals surface area contributed by atoms with Crippen LogP contribution in [0, 0.1) is 11.3 Å². The summed E-state index contributed by atoms with van der Waals surface area (Å²) >= 11 is 0. The summed E-state index contributed by atoms with van der Waals surface area (Å²) in [6.07, 6.45) is 0.128. The Hall–Kier alpha value is -3.47. The molecular weight excluding hydrogens is 338 g/mol. The highest BCUT2D eigenvalue weighted by atomic mass is 16.5. The third-order valence-corrected chi connectivity index (χ3v) is 3.79. The lowest BCUT2D eigenvalue weighted by Gasteiger charge is -2.13. The summed E-state index contributed by atoms with van der Waals surface area (Å²) in [4.78, 5) is 48.8. The zero-order valence-corrected chi connectivity index (χ0v) is 14.2. The molecule has 8 nitrogen and oxygen atoms in total. The number of hydrogen-bond donors (Lipinski definition) is 1. The van der Waals surface area contributed by atoms with Crippen LogP contribution in [0.15, 0.2) is 35.5 Å². The molecule has 2 N–H and O–H groups in total. The van der Waals surface area contributed by atoms with E-state index in [-0.39, 0.29) is 30.7 Å². The first kappa shape index (κ1) is 18.9. The minimum absolute atomic E-state index is 0.0548. The van der Waals surface area contributed by atoms with Gasteiger partial charge in [-0.05, 0) is 25.5 Å². The molecule has 0 saturated carbocycles. The van der Waals surface area contributed by atoms with Crippen molar-refractivity contribution in [2.24, 2.45) is 5.73 Å². The van der Waals surface area contributed by atoms with Crippen LogP contribution in [-0.2, 0) is 14.3 Å². The van der Waals surface area contributed by atoms with Gasteiger partial charge in [-0.25, -0.2) is 0 Å². The number of Topliss-reactive ketones (excluding diaryl/α,β-unsaturated/α-hetero) is 1. The summed E-state index contributed by atoms with van der Waals surface area (Å²) < 4.78 is 4.80. The van der Waals surface area contributed by atoms with Gasteiger partial charge in [-0.3, -0.25) is 24.1 Å². The number of nitrogens with two attached hydrogens (primary N) is 1. The number of esters is 1. The predicted molar refractivity (Wildman–Crippen MR) is 89.5 cm³/mol. The van der Waals surface area contributed by atoms with Crippen molar-refractivity contribution in [3.05, 3.63) is 46.7 Å². The summed E-state index contributed by atoms with van der Waals surface area (Å²) in [5, 5.41) is 8.80. The van der Waals surface area contributed by atoms with Crippen molar-refractivity contribution in [2.45, 2.75) is 19.8 Å². The molecule has 0 unspecified atom stereocenters. The van der Waals surface area contributed by atoms with E-state index >= 15 is 0 Å². The van der Waals surface area contributed by atoms with Gasteiger partial charge in [0.1, 0.15) is 11.6 Å². The van der Waals surface area contributed by atoms with Crippen LogP contribution in [-0.4, -0.2) is 41.6 Å². The molecule has 1 aromatic carbocycles. The normalized spacial score (nSPS) is 13.8. The molecule has 0 fully saturated rings. The van der Waals surface area contributed by atoms with Crippen molar-refractivity contribution in [3.8, 4) is 6.07 Å². The Morgan fingerprint density at radius 3 is 2.27 bits per heavy atom. The van der Waals surface area contributed by atoms with Crippen molar-refractivity contribution in [1.29, 1.82) is 5.26 Å². The van der Waals surface area contributed by atoms with Crippen LogP contribution in [0.2, 0.25) is 0 Å². The Labute approximate surface area is 149 Å². The first-order valence-corrected chi connectivity index (χ1v) is 7.87. The number of carbonyl (C=O) groups is 4. The molecule has 0 bridgehead atoms. The SMILES string of the molecule is C/C(N)=C(/C#N)C(=O)COC(=O)CCCN1C(=O)c2ccccc2C1=O. The van der Waals surface area contributed by atoms with E-state index in [1.165, 1.54) is 6.92 Å². The first-order valence-electron chi connectivity index (χ1n) is 7.87. The molecule has 1 heterocycles. The first-order chi connectivity index (χ1) is 12.4. The second kappa shape index (κ2) is 8.07. The predicted octanol–water partition coefficient (Wildman–Crippen LogP) is 0.931. The Morgan fingerprint density at radius 2 is 1.77 bits per heavy atom. The summed E-state index contributed by atoms with van der Waals surface area (Å²) in [7, 11) is 0. The molecule has 0 atom stereocenters. The lowest BCUT2D eigenvalue weighted by molar-refractivity contribution is -0.147. The molecule has 1 aromatic rings. The number of nitrogens with zero attached hydrogens (tertiary/aromatic N) is 2. The van der Waals surface area contributed by atoms with E-state index in [9.17, 15) is 19.2 Å². The Balaban J connectivity index is 1.80. The van der Waals surface area contributed by atoms with E-state index in [1.54, 1.807) is 30.3 Å². The third kappa shape index (κ3) is 3.95. The van der Waals surface area contributed by atoms with Gasteiger partial charge in [0.25, 0.3) is 11.8 Å². The van der Waals surface area contributed by atoms with Gasteiger partial charge in [-0.15, -0.1) is 0 Å². The maximum atomic E-state index is 12.2. The number of allylic oxidation sites excluding steroid dienone is 1. The Kier molecular flexibility index (Phi) is 5.86. The molecule has 0 radical (unpaired) electrons. The molecule has 134 valence electrons. The van der Waals surface area contributed by atoms with Crippen molar-refractivity contribution in [1.82, 2.24) is 4.90 Å². The second-order valence-electron chi connectivity index (χ2n) is 5.66. The number of imide groups is 1. The number of ketones is 1. The number of carbonyl (C=O) groups excluding carboxylic acids is 4. The molecule has 1 aliphatic rings. The van der Waals surface area contributed by atoms with Crippen LogP contribution < -0.4 is 5.73 Å². The molecule has 1 aliphatic heterocycles. The van der Waals surface area contributed by atoms with Crippen LogP contribution in [0.25, 0.3) is 0 Å². The van der Waals surface area contributed by atoms with Crippen molar-refractivity contribution < 1.29 is 23.9 Å². The fourth-order valence-electron chi connectivity index (χ4n) is 2.48. The van der Waals surface area contributed by atoms with Gasteiger partial charge >= 0.3 is 5.97 Å². The maximum Gasteiger partial charge on any atom is 0.306 e. The van der Waals surface area contributed by atoms with E-state index in [4.69, 9.17) is 15.7 Å². The van der Waals surface area contributed by atoms with E-state index in [0.717, 1.165) is 4.90 Å². The average molecular weight is 355 g/mol. The van der Waals surface area contributed by atoms with Crippen molar-refractivity contribution >= 4 is 23.6 Å². The molecule has 0 aliphatic carbocycles. The zero-order chi connectivity index (χ0) is 19.3. The number of rotatable bonds is 7. The highest BCUT2D eigenvalue weighted by molar-refractivity contribution is 6.21. The van der Waals surface area contributed by atoms with E-state index in [2.05, 4.69) is 0 Å². The molecule has 0 spiro atoms. The lowest BCUT2D eigenvalue weighted by atomic mass is 10.1. The highest BCUT2D eigenvalue weighted by Gasteiger charge is 2.34. The number of hydrogen-bond acceptors (Lipinski definition) is 7. The molecule has 2 amide bonds. The largest absolute Gasteiger partial charge is 0.457 e. The van der Waals surface area contributed by atoms with E-state index < -0.39 is 30.2 Å². The molecule has 8 heteroatoms. The summed E-state index contributed by atoms with van der Waals surface area (Å²) in [6, 6.07) is 8.16. The van der Waals surface area contributed by atoms with Gasteiger partial charge in [0, 0.05) is 18.7 Å². The molecule has 26 heavy (non-hydrogen) atoms. The molecular formula is C18H17N3O5. The Bertz CT molecular complexity index is 812. The average Bonchev–Trinajstić information content (AvgIpc) is 2.85. The van der Waals surface area contributed by atoms with Crippen LogP contribution in [0.4, 0.5) is 0 Å². The van der Waals surface area contributed by atoms with E-state index in [1.807, 2.05) is 0 Å². The second-order valence-corrected chi connectivity index (χ2v) is 5.66.